The molecule has 4 nitrogen and oxygen atoms in total. The van der Waals surface area contributed by atoms with Gasteiger partial charge in [0, 0.05) is 26.2 Å². The lowest BCUT2D eigenvalue weighted by Gasteiger charge is -2.12. The van der Waals surface area contributed by atoms with Crippen molar-refractivity contribution in [2.75, 3.05) is 26.2 Å². The van der Waals surface area contributed by atoms with Gasteiger partial charge in [0.05, 0.1) is 0 Å². The van der Waals surface area contributed by atoms with E-state index in [9.17, 15) is 0 Å². The van der Waals surface area contributed by atoms with Gasteiger partial charge in [-0.1, -0.05) is 25.7 Å². The van der Waals surface area contributed by atoms with Crippen LogP contribution in [0.5, 0.6) is 0 Å². The van der Waals surface area contributed by atoms with Gasteiger partial charge in [-0.3, -0.25) is 0 Å². The third-order valence-corrected chi connectivity index (χ3v) is 3.93. The van der Waals surface area contributed by atoms with Crippen LogP contribution >= 0.6 is 24.4 Å². The summed E-state index contributed by atoms with van der Waals surface area (Å²) >= 11 is 10.5. The molecule has 0 aromatic carbocycles. The van der Waals surface area contributed by atoms with Crippen LogP contribution in [0.1, 0.15) is 51.4 Å². The smallest absolute Gasteiger partial charge is 0.166 e. The van der Waals surface area contributed by atoms with Gasteiger partial charge in [-0.25, -0.2) is 0 Å². The Morgan fingerprint density at radius 2 is 0.700 bits per heavy atom. The van der Waals surface area contributed by atoms with Crippen LogP contribution in [0.4, 0.5) is 0 Å². The zero-order valence-corrected chi connectivity index (χ0v) is 13.9. The van der Waals surface area contributed by atoms with Crippen molar-refractivity contribution < 1.29 is 0 Å². The topological polar surface area (TPSA) is 48.1 Å². The fourth-order valence-electron chi connectivity index (χ4n) is 2.14. The lowest BCUT2D eigenvalue weighted by atomic mass is 10.2. The summed E-state index contributed by atoms with van der Waals surface area (Å²) in [5.41, 5.74) is 0. The number of hydrogen-bond donors (Lipinski definition) is 4. The molecule has 6 heteroatoms. The van der Waals surface area contributed by atoms with Crippen molar-refractivity contribution in [2.24, 2.45) is 0 Å². The van der Waals surface area contributed by atoms with Gasteiger partial charge in [-0.05, 0) is 50.1 Å². The van der Waals surface area contributed by atoms with Crippen LogP contribution in [-0.4, -0.2) is 36.4 Å². The standard InChI is InChI=1S/C14H28N4S2/c19-13-15-9-5-1-2-6-10-16-14(20)18-12-8-4-3-7-11-17-13/h1-12H2,(H2,15,17,19)(H2,16,18,20). The fraction of sp³-hybridized carbons (Fsp3) is 0.857. The first kappa shape index (κ1) is 17.4. The van der Waals surface area contributed by atoms with Crippen LogP contribution in [0.3, 0.4) is 0 Å². The second-order valence-electron chi connectivity index (χ2n) is 5.19. The van der Waals surface area contributed by atoms with Crippen molar-refractivity contribution in [1.29, 1.82) is 0 Å². The molecule has 1 aliphatic heterocycles. The van der Waals surface area contributed by atoms with Gasteiger partial charge < -0.3 is 21.3 Å². The van der Waals surface area contributed by atoms with Crippen LogP contribution in [0.2, 0.25) is 0 Å². The molecule has 1 aliphatic rings. The molecule has 0 unspecified atom stereocenters. The van der Waals surface area contributed by atoms with E-state index in [0.717, 1.165) is 36.4 Å². The summed E-state index contributed by atoms with van der Waals surface area (Å²) in [5, 5.41) is 14.7. The number of nitrogens with one attached hydrogen (secondary N) is 4. The third-order valence-electron chi connectivity index (χ3n) is 3.35. The molecule has 0 radical (unpaired) electrons. The van der Waals surface area contributed by atoms with Gasteiger partial charge in [0.25, 0.3) is 0 Å². The maximum Gasteiger partial charge on any atom is 0.166 e. The molecule has 0 aromatic rings. The minimum absolute atomic E-state index is 0.805. The van der Waals surface area contributed by atoms with Gasteiger partial charge in [0.2, 0.25) is 0 Å². The van der Waals surface area contributed by atoms with Gasteiger partial charge in [-0.15, -0.1) is 0 Å². The van der Waals surface area contributed by atoms with Crippen LogP contribution in [0, 0.1) is 0 Å². The first-order valence-electron chi connectivity index (χ1n) is 7.82. The summed E-state index contributed by atoms with van der Waals surface area (Å²) < 4.78 is 0. The van der Waals surface area contributed by atoms with Crippen molar-refractivity contribution in [3.05, 3.63) is 0 Å². The zero-order valence-electron chi connectivity index (χ0n) is 12.3. The Bertz CT molecular complexity index is 232. The molecular weight excluding hydrogens is 288 g/mol. The summed E-state index contributed by atoms with van der Waals surface area (Å²) in [4.78, 5) is 0. The molecule has 0 bridgehead atoms. The maximum absolute atomic E-state index is 5.24. The summed E-state index contributed by atoms with van der Waals surface area (Å²) in [6, 6.07) is 0. The first-order valence-corrected chi connectivity index (χ1v) is 8.64. The van der Waals surface area contributed by atoms with E-state index < -0.39 is 0 Å². The van der Waals surface area contributed by atoms with Crippen molar-refractivity contribution in [2.45, 2.75) is 51.4 Å². The predicted molar refractivity (Wildman–Crippen MR) is 94.1 cm³/mol. The molecule has 0 aliphatic carbocycles. The Morgan fingerprint density at radius 3 is 0.950 bits per heavy atom. The normalized spacial score (nSPS) is 21.4. The molecule has 0 amide bonds. The maximum atomic E-state index is 5.24. The van der Waals surface area contributed by atoms with E-state index in [1.54, 1.807) is 0 Å². The van der Waals surface area contributed by atoms with Crippen molar-refractivity contribution in [1.82, 2.24) is 21.3 Å². The second kappa shape index (κ2) is 12.1. The van der Waals surface area contributed by atoms with Gasteiger partial charge in [0.15, 0.2) is 10.2 Å². The van der Waals surface area contributed by atoms with E-state index in [0.29, 0.717) is 0 Å². The molecule has 1 rings (SSSR count). The van der Waals surface area contributed by atoms with Gasteiger partial charge in [-0.2, -0.15) is 0 Å². The molecule has 1 fully saturated rings. The SMILES string of the molecule is S=C1NCCCCCCNC(=S)NCCCCCCN1. The average Bonchev–Trinajstić information content (AvgIpc) is 2.43. The highest BCUT2D eigenvalue weighted by molar-refractivity contribution is 7.80. The Hall–Kier alpha value is -0.620. The Balaban J connectivity index is 2.19. The lowest BCUT2D eigenvalue weighted by Crippen LogP contribution is -2.37. The summed E-state index contributed by atoms with van der Waals surface area (Å²) in [6.45, 7) is 3.89. The zero-order chi connectivity index (χ0) is 14.5. The van der Waals surface area contributed by atoms with E-state index in [1.165, 1.54) is 51.4 Å². The first-order chi connectivity index (χ1) is 9.79. The van der Waals surface area contributed by atoms with E-state index >= 15 is 0 Å². The molecule has 1 saturated heterocycles. The van der Waals surface area contributed by atoms with E-state index in [4.69, 9.17) is 24.4 Å². The molecular formula is C14H28N4S2. The monoisotopic (exact) mass is 316 g/mol. The van der Waals surface area contributed by atoms with E-state index in [1.807, 2.05) is 0 Å². The van der Waals surface area contributed by atoms with Crippen molar-refractivity contribution >= 4 is 34.7 Å². The summed E-state index contributed by atoms with van der Waals surface area (Å²) in [5.74, 6) is 0. The summed E-state index contributed by atoms with van der Waals surface area (Å²) in [7, 11) is 0. The van der Waals surface area contributed by atoms with E-state index in [-0.39, 0.29) is 0 Å². The number of rotatable bonds is 0. The molecule has 1 heterocycles. The van der Waals surface area contributed by atoms with Crippen molar-refractivity contribution in [3.8, 4) is 0 Å². The third kappa shape index (κ3) is 10.2. The second-order valence-corrected chi connectivity index (χ2v) is 6.01. The molecule has 116 valence electrons. The van der Waals surface area contributed by atoms with Crippen LogP contribution in [0.25, 0.3) is 0 Å². The molecule has 0 saturated carbocycles. The lowest BCUT2D eigenvalue weighted by molar-refractivity contribution is 0.600. The van der Waals surface area contributed by atoms with E-state index in [2.05, 4.69) is 21.3 Å². The van der Waals surface area contributed by atoms with Crippen LogP contribution < -0.4 is 21.3 Å². The van der Waals surface area contributed by atoms with Gasteiger partial charge in [0.1, 0.15) is 0 Å². The highest BCUT2D eigenvalue weighted by Crippen LogP contribution is 1.99. The van der Waals surface area contributed by atoms with Crippen LogP contribution in [-0.2, 0) is 0 Å². The Kier molecular flexibility index (Phi) is 10.6. The average molecular weight is 317 g/mol. The molecule has 0 spiro atoms. The van der Waals surface area contributed by atoms with Gasteiger partial charge >= 0.3 is 0 Å². The minimum atomic E-state index is 0.805. The Labute approximate surface area is 133 Å². The molecule has 4 N–H and O–H groups in total. The molecule has 0 atom stereocenters. The largest absolute Gasteiger partial charge is 0.363 e. The molecule has 20 heavy (non-hydrogen) atoms. The van der Waals surface area contributed by atoms with Crippen molar-refractivity contribution in [3.63, 3.8) is 0 Å². The highest BCUT2D eigenvalue weighted by atomic mass is 32.1. The summed E-state index contributed by atoms with van der Waals surface area (Å²) in [6.07, 6.45) is 9.62. The molecule has 0 aromatic heterocycles. The van der Waals surface area contributed by atoms with Crippen LogP contribution in [0.15, 0.2) is 0 Å². The number of hydrogen-bond acceptors (Lipinski definition) is 2. The minimum Gasteiger partial charge on any atom is -0.363 e. The highest BCUT2D eigenvalue weighted by Gasteiger charge is 1.98. The quantitative estimate of drug-likeness (QED) is 0.513. The fourth-order valence-corrected chi connectivity index (χ4v) is 2.55. The Morgan fingerprint density at radius 1 is 0.450 bits per heavy atom. The predicted octanol–water partition coefficient (Wildman–Crippen LogP) is 2.05. The number of thiocarbonyl (C=S) groups is 2.